The Morgan fingerprint density at radius 2 is 1.76 bits per heavy atom. The number of ether oxygens (including phenoxy) is 1. The van der Waals surface area contributed by atoms with Crippen LogP contribution in [0.25, 0.3) is 0 Å². The van der Waals surface area contributed by atoms with Crippen LogP contribution in [0.4, 0.5) is 5.69 Å². The lowest BCUT2D eigenvalue weighted by atomic mass is 10.0. The van der Waals surface area contributed by atoms with Crippen molar-refractivity contribution in [1.29, 1.82) is 0 Å². The van der Waals surface area contributed by atoms with Gasteiger partial charge in [0.25, 0.3) is 0 Å². The SMILES string of the molecule is COc1ccc(NC=CC(=O)c2ccc(C)c(C)c2)cc1. The largest absolute Gasteiger partial charge is 0.497 e. The Bertz CT molecular complexity index is 657. The van der Waals surface area contributed by atoms with Crippen LogP contribution in [0.2, 0.25) is 0 Å². The van der Waals surface area contributed by atoms with Crippen LogP contribution in [-0.2, 0) is 0 Å². The fourth-order valence-corrected chi connectivity index (χ4v) is 1.89. The molecular formula is C18H19NO2. The molecule has 0 saturated heterocycles. The number of rotatable bonds is 5. The monoisotopic (exact) mass is 281 g/mol. The van der Waals surface area contributed by atoms with E-state index in [1.54, 1.807) is 13.3 Å². The second kappa shape index (κ2) is 6.75. The summed E-state index contributed by atoms with van der Waals surface area (Å²) in [6, 6.07) is 13.2. The number of carbonyl (C=O) groups is 1. The number of allylic oxidation sites excluding steroid dienone is 1. The maximum Gasteiger partial charge on any atom is 0.187 e. The van der Waals surface area contributed by atoms with Crippen molar-refractivity contribution in [2.75, 3.05) is 12.4 Å². The molecule has 0 radical (unpaired) electrons. The first-order chi connectivity index (χ1) is 10.1. The predicted octanol–water partition coefficient (Wildman–Crippen LogP) is 4.12. The molecule has 0 aliphatic rings. The van der Waals surface area contributed by atoms with Gasteiger partial charge >= 0.3 is 0 Å². The molecule has 0 unspecified atom stereocenters. The zero-order chi connectivity index (χ0) is 15.2. The molecule has 0 saturated carbocycles. The first kappa shape index (κ1) is 14.9. The number of hydrogen-bond acceptors (Lipinski definition) is 3. The lowest BCUT2D eigenvalue weighted by Crippen LogP contribution is -1.97. The van der Waals surface area contributed by atoms with E-state index in [-0.39, 0.29) is 5.78 Å². The molecule has 0 aromatic heterocycles. The van der Waals surface area contributed by atoms with Gasteiger partial charge in [-0.15, -0.1) is 0 Å². The molecule has 108 valence electrons. The first-order valence-corrected chi connectivity index (χ1v) is 6.79. The van der Waals surface area contributed by atoms with Crippen LogP contribution in [0.5, 0.6) is 5.75 Å². The first-order valence-electron chi connectivity index (χ1n) is 6.79. The minimum Gasteiger partial charge on any atom is -0.497 e. The number of nitrogens with one attached hydrogen (secondary N) is 1. The number of methoxy groups -OCH3 is 1. The van der Waals surface area contributed by atoms with Gasteiger partial charge in [0.15, 0.2) is 5.78 Å². The molecular weight excluding hydrogens is 262 g/mol. The zero-order valence-corrected chi connectivity index (χ0v) is 12.5. The van der Waals surface area contributed by atoms with E-state index in [0.717, 1.165) is 17.0 Å². The van der Waals surface area contributed by atoms with Crippen molar-refractivity contribution >= 4 is 11.5 Å². The second-order valence-corrected chi connectivity index (χ2v) is 4.87. The maximum atomic E-state index is 12.1. The van der Waals surface area contributed by atoms with E-state index < -0.39 is 0 Å². The minimum absolute atomic E-state index is 0.0147. The second-order valence-electron chi connectivity index (χ2n) is 4.87. The van der Waals surface area contributed by atoms with E-state index in [1.807, 2.05) is 56.3 Å². The van der Waals surface area contributed by atoms with E-state index >= 15 is 0 Å². The standard InChI is InChI=1S/C18H19NO2/c1-13-4-5-15(12-14(13)2)18(20)10-11-19-16-6-8-17(21-3)9-7-16/h4-12,19H,1-3H3. The van der Waals surface area contributed by atoms with Crippen molar-refractivity contribution in [3.05, 3.63) is 71.4 Å². The summed E-state index contributed by atoms with van der Waals surface area (Å²) in [4.78, 5) is 12.1. The van der Waals surface area contributed by atoms with Crippen molar-refractivity contribution in [2.45, 2.75) is 13.8 Å². The molecule has 21 heavy (non-hydrogen) atoms. The van der Waals surface area contributed by atoms with Gasteiger partial charge < -0.3 is 10.1 Å². The van der Waals surface area contributed by atoms with Gasteiger partial charge in [-0.05, 0) is 55.3 Å². The summed E-state index contributed by atoms with van der Waals surface area (Å²) in [5.74, 6) is 0.787. The molecule has 0 aliphatic carbocycles. The fraction of sp³-hybridized carbons (Fsp3) is 0.167. The van der Waals surface area contributed by atoms with Gasteiger partial charge in [-0.2, -0.15) is 0 Å². The average Bonchev–Trinajstić information content (AvgIpc) is 2.50. The van der Waals surface area contributed by atoms with Crippen LogP contribution < -0.4 is 10.1 Å². The third kappa shape index (κ3) is 3.96. The van der Waals surface area contributed by atoms with Crippen LogP contribution in [0.3, 0.4) is 0 Å². The summed E-state index contributed by atoms with van der Waals surface area (Å²) in [6.07, 6.45) is 3.19. The maximum absolute atomic E-state index is 12.1. The Morgan fingerprint density at radius 1 is 1.05 bits per heavy atom. The number of hydrogen-bond donors (Lipinski definition) is 1. The van der Waals surface area contributed by atoms with Crippen LogP contribution >= 0.6 is 0 Å². The number of ketones is 1. The van der Waals surface area contributed by atoms with E-state index in [9.17, 15) is 4.79 Å². The van der Waals surface area contributed by atoms with Crippen molar-refractivity contribution in [3.63, 3.8) is 0 Å². The summed E-state index contributed by atoms with van der Waals surface area (Å²) in [6.45, 7) is 4.04. The Labute approximate surface area is 125 Å². The van der Waals surface area contributed by atoms with Gasteiger partial charge in [-0.3, -0.25) is 4.79 Å². The van der Waals surface area contributed by atoms with Gasteiger partial charge in [-0.25, -0.2) is 0 Å². The highest BCUT2D eigenvalue weighted by molar-refractivity contribution is 6.04. The molecule has 0 atom stereocenters. The van der Waals surface area contributed by atoms with E-state index in [0.29, 0.717) is 5.56 Å². The number of anilines is 1. The number of benzene rings is 2. The molecule has 2 aromatic carbocycles. The quantitative estimate of drug-likeness (QED) is 0.662. The molecule has 3 heteroatoms. The smallest absolute Gasteiger partial charge is 0.187 e. The van der Waals surface area contributed by atoms with E-state index in [2.05, 4.69) is 5.32 Å². The predicted molar refractivity (Wildman–Crippen MR) is 86.0 cm³/mol. The third-order valence-corrected chi connectivity index (χ3v) is 3.37. The zero-order valence-electron chi connectivity index (χ0n) is 12.5. The summed E-state index contributed by atoms with van der Waals surface area (Å²) in [5.41, 5.74) is 3.91. The fourth-order valence-electron chi connectivity index (χ4n) is 1.89. The van der Waals surface area contributed by atoms with Crippen molar-refractivity contribution < 1.29 is 9.53 Å². The van der Waals surface area contributed by atoms with Crippen LogP contribution in [-0.4, -0.2) is 12.9 Å². The molecule has 1 N–H and O–H groups in total. The summed E-state index contributed by atoms with van der Waals surface area (Å²) in [5, 5.41) is 3.07. The van der Waals surface area contributed by atoms with Crippen molar-refractivity contribution in [2.24, 2.45) is 0 Å². The topological polar surface area (TPSA) is 38.3 Å². The molecule has 2 rings (SSSR count). The summed E-state index contributed by atoms with van der Waals surface area (Å²) in [7, 11) is 1.63. The van der Waals surface area contributed by atoms with Crippen molar-refractivity contribution in [1.82, 2.24) is 0 Å². The van der Waals surface area contributed by atoms with Crippen LogP contribution in [0.15, 0.2) is 54.7 Å². The highest BCUT2D eigenvalue weighted by Gasteiger charge is 2.02. The number of carbonyl (C=O) groups excluding carboxylic acids is 1. The Morgan fingerprint density at radius 3 is 2.38 bits per heavy atom. The van der Waals surface area contributed by atoms with Gasteiger partial charge in [0.2, 0.25) is 0 Å². The van der Waals surface area contributed by atoms with E-state index in [1.165, 1.54) is 11.6 Å². The summed E-state index contributed by atoms with van der Waals surface area (Å²) < 4.78 is 5.09. The minimum atomic E-state index is -0.0147. The van der Waals surface area contributed by atoms with Gasteiger partial charge in [0.05, 0.1) is 7.11 Å². The molecule has 0 heterocycles. The normalized spacial score (nSPS) is 10.6. The molecule has 3 nitrogen and oxygen atoms in total. The Hall–Kier alpha value is -2.55. The van der Waals surface area contributed by atoms with Gasteiger partial charge in [0, 0.05) is 23.5 Å². The van der Waals surface area contributed by atoms with Crippen LogP contribution in [0.1, 0.15) is 21.5 Å². The molecule has 0 spiro atoms. The molecule has 0 fully saturated rings. The van der Waals surface area contributed by atoms with Crippen molar-refractivity contribution in [3.8, 4) is 5.75 Å². The van der Waals surface area contributed by atoms with Gasteiger partial charge in [0.1, 0.15) is 5.75 Å². The van der Waals surface area contributed by atoms with Gasteiger partial charge in [-0.1, -0.05) is 12.1 Å². The number of aryl methyl sites for hydroxylation is 2. The lowest BCUT2D eigenvalue weighted by molar-refractivity contribution is 0.104. The Kier molecular flexibility index (Phi) is 4.77. The van der Waals surface area contributed by atoms with E-state index in [4.69, 9.17) is 4.74 Å². The molecule has 0 bridgehead atoms. The third-order valence-electron chi connectivity index (χ3n) is 3.37. The molecule has 0 aliphatic heterocycles. The molecule has 2 aromatic rings. The average molecular weight is 281 g/mol. The lowest BCUT2D eigenvalue weighted by Gasteiger charge is -2.03. The summed E-state index contributed by atoms with van der Waals surface area (Å²) >= 11 is 0. The Balaban J connectivity index is 1.99. The highest BCUT2D eigenvalue weighted by atomic mass is 16.5. The highest BCUT2D eigenvalue weighted by Crippen LogP contribution is 2.15. The molecule has 0 amide bonds. The van der Waals surface area contributed by atoms with Crippen LogP contribution in [0, 0.1) is 13.8 Å².